The highest BCUT2D eigenvalue weighted by Gasteiger charge is 2.26. The van der Waals surface area contributed by atoms with Crippen LogP contribution in [0.2, 0.25) is 0 Å². The van der Waals surface area contributed by atoms with Gasteiger partial charge in [0, 0.05) is 11.8 Å². The number of hydrogen-bond donors (Lipinski definition) is 1. The molecule has 0 fully saturated rings. The lowest BCUT2D eigenvalue weighted by molar-refractivity contribution is 0.318. The van der Waals surface area contributed by atoms with Gasteiger partial charge in [-0.05, 0) is 6.42 Å². The standard InChI is InChI=1S/C11H15NO3S/c1-3-10(16(2,14)15)11(12-13)9-7-5-4-6-8-9/h4-8,10,13H,3H2,1-2H3/b12-11-/t10-/m1/s1. The highest BCUT2D eigenvalue weighted by Crippen LogP contribution is 2.13. The van der Waals surface area contributed by atoms with Crippen molar-refractivity contribution in [1.29, 1.82) is 0 Å². The lowest BCUT2D eigenvalue weighted by Crippen LogP contribution is -2.29. The van der Waals surface area contributed by atoms with Crippen LogP contribution in [0.4, 0.5) is 0 Å². The zero-order valence-electron chi connectivity index (χ0n) is 9.29. The van der Waals surface area contributed by atoms with Crippen LogP contribution in [0.15, 0.2) is 35.5 Å². The summed E-state index contributed by atoms with van der Waals surface area (Å²) in [6, 6.07) is 8.82. The number of nitrogens with zero attached hydrogens (tertiary/aromatic N) is 1. The molecule has 0 saturated carbocycles. The normalized spacial score (nSPS) is 14.8. The molecule has 1 N–H and O–H groups in total. The first kappa shape index (κ1) is 12.7. The molecule has 1 aromatic rings. The summed E-state index contributed by atoms with van der Waals surface area (Å²) in [5, 5.41) is 11.3. The lowest BCUT2D eigenvalue weighted by Gasteiger charge is -2.14. The molecule has 0 aromatic heterocycles. The fourth-order valence-corrected chi connectivity index (χ4v) is 2.81. The molecular formula is C11H15NO3S. The van der Waals surface area contributed by atoms with E-state index < -0.39 is 15.1 Å². The molecule has 0 saturated heterocycles. The summed E-state index contributed by atoms with van der Waals surface area (Å²) in [6.45, 7) is 1.75. The van der Waals surface area contributed by atoms with E-state index in [1.54, 1.807) is 31.2 Å². The smallest absolute Gasteiger partial charge is 0.156 e. The number of benzene rings is 1. The van der Waals surface area contributed by atoms with Gasteiger partial charge < -0.3 is 5.21 Å². The van der Waals surface area contributed by atoms with E-state index in [4.69, 9.17) is 5.21 Å². The Hall–Kier alpha value is -1.36. The van der Waals surface area contributed by atoms with E-state index in [0.29, 0.717) is 12.0 Å². The summed E-state index contributed by atoms with van der Waals surface area (Å²) in [5.74, 6) is 0. The van der Waals surface area contributed by atoms with Crippen molar-refractivity contribution in [2.75, 3.05) is 6.26 Å². The Labute approximate surface area is 95.5 Å². The molecule has 1 atom stereocenters. The monoisotopic (exact) mass is 241 g/mol. The summed E-state index contributed by atoms with van der Waals surface area (Å²) in [6.07, 6.45) is 1.53. The maximum Gasteiger partial charge on any atom is 0.156 e. The zero-order valence-corrected chi connectivity index (χ0v) is 10.1. The second kappa shape index (κ2) is 5.12. The average Bonchev–Trinajstić information content (AvgIpc) is 2.25. The van der Waals surface area contributed by atoms with Gasteiger partial charge in [-0.1, -0.05) is 42.4 Å². The summed E-state index contributed by atoms with van der Waals surface area (Å²) in [5.41, 5.74) is 0.827. The summed E-state index contributed by atoms with van der Waals surface area (Å²) in [7, 11) is -3.27. The summed E-state index contributed by atoms with van der Waals surface area (Å²) in [4.78, 5) is 0. The Kier molecular flexibility index (Phi) is 4.06. The van der Waals surface area contributed by atoms with E-state index in [-0.39, 0.29) is 5.71 Å². The minimum atomic E-state index is -3.27. The van der Waals surface area contributed by atoms with Crippen LogP contribution in [0.3, 0.4) is 0 Å². The highest BCUT2D eigenvalue weighted by molar-refractivity contribution is 7.92. The molecule has 0 aliphatic heterocycles. The van der Waals surface area contributed by atoms with Crippen molar-refractivity contribution in [1.82, 2.24) is 0 Å². The van der Waals surface area contributed by atoms with Gasteiger partial charge in [0.25, 0.3) is 0 Å². The van der Waals surface area contributed by atoms with E-state index in [0.717, 1.165) is 6.26 Å². The van der Waals surface area contributed by atoms with E-state index in [1.165, 1.54) is 0 Å². The molecule has 4 nitrogen and oxygen atoms in total. The number of rotatable bonds is 4. The van der Waals surface area contributed by atoms with Gasteiger partial charge in [-0.15, -0.1) is 0 Å². The molecule has 0 aliphatic carbocycles. The predicted molar refractivity (Wildman–Crippen MR) is 63.7 cm³/mol. The van der Waals surface area contributed by atoms with E-state index in [2.05, 4.69) is 5.16 Å². The molecule has 0 amide bonds. The van der Waals surface area contributed by atoms with Crippen LogP contribution in [0, 0.1) is 0 Å². The average molecular weight is 241 g/mol. The van der Waals surface area contributed by atoms with Gasteiger partial charge in [0.05, 0.1) is 0 Å². The molecule has 88 valence electrons. The maximum atomic E-state index is 11.5. The van der Waals surface area contributed by atoms with Crippen LogP contribution in [0.5, 0.6) is 0 Å². The molecule has 1 aromatic carbocycles. The minimum Gasteiger partial charge on any atom is -0.411 e. The second-order valence-corrected chi connectivity index (χ2v) is 5.81. The van der Waals surface area contributed by atoms with Gasteiger partial charge in [0.2, 0.25) is 0 Å². The van der Waals surface area contributed by atoms with Crippen molar-refractivity contribution in [3.8, 4) is 0 Å². The van der Waals surface area contributed by atoms with Crippen molar-refractivity contribution in [3.05, 3.63) is 35.9 Å². The van der Waals surface area contributed by atoms with Gasteiger partial charge in [-0.3, -0.25) is 0 Å². The molecule has 1 rings (SSSR count). The van der Waals surface area contributed by atoms with Crippen LogP contribution >= 0.6 is 0 Å². The van der Waals surface area contributed by atoms with Crippen molar-refractivity contribution in [2.24, 2.45) is 5.16 Å². The van der Waals surface area contributed by atoms with Gasteiger partial charge in [-0.25, -0.2) is 8.42 Å². The van der Waals surface area contributed by atoms with Gasteiger partial charge in [0.1, 0.15) is 11.0 Å². The lowest BCUT2D eigenvalue weighted by atomic mass is 10.1. The largest absolute Gasteiger partial charge is 0.411 e. The minimum absolute atomic E-state index is 0.200. The van der Waals surface area contributed by atoms with Crippen LogP contribution in [-0.4, -0.2) is 30.8 Å². The Morgan fingerprint density at radius 1 is 1.38 bits per heavy atom. The Morgan fingerprint density at radius 2 is 1.94 bits per heavy atom. The molecule has 5 heteroatoms. The number of oxime groups is 1. The SMILES string of the molecule is CC[C@H](/C(=N\O)c1ccccc1)S(C)(=O)=O. The Morgan fingerprint density at radius 3 is 2.31 bits per heavy atom. The van der Waals surface area contributed by atoms with E-state index in [9.17, 15) is 8.42 Å². The third-order valence-electron chi connectivity index (χ3n) is 2.37. The van der Waals surface area contributed by atoms with Crippen LogP contribution in [0.25, 0.3) is 0 Å². The van der Waals surface area contributed by atoms with Crippen LogP contribution < -0.4 is 0 Å². The summed E-state index contributed by atoms with van der Waals surface area (Å²) >= 11 is 0. The van der Waals surface area contributed by atoms with Gasteiger partial charge in [-0.2, -0.15) is 0 Å². The third kappa shape index (κ3) is 2.82. The number of hydrogen-bond acceptors (Lipinski definition) is 4. The molecule has 0 radical (unpaired) electrons. The van der Waals surface area contributed by atoms with Crippen molar-refractivity contribution in [3.63, 3.8) is 0 Å². The van der Waals surface area contributed by atoms with E-state index in [1.807, 2.05) is 6.07 Å². The highest BCUT2D eigenvalue weighted by atomic mass is 32.2. The van der Waals surface area contributed by atoms with Gasteiger partial charge >= 0.3 is 0 Å². The molecule has 16 heavy (non-hydrogen) atoms. The van der Waals surface area contributed by atoms with Crippen molar-refractivity contribution in [2.45, 2.75) is 18.6 Å². The molecule has 0 aliphatic rings. The first-order valence-electron chi connectivity index (χ1n) is 4.97. The van der Waals surface area contributed by atoms with Crippen molar-refractivity contribution >= 4 is 15.5 Å². The zero-order chi connectivity index (χ0) is 12.2. The van der Waals surface area contributed by atoms with Crippen molar-refractivity contribution < 1.29 is 13.6 Å². The summed E-state index contributed by atoms with van der Waals surface area (Å²) < 4.78 is 23.1. The molecule has 0 heterocycles. The topological polar surface area (TPSA) is 66.7 Å². The number of sulfone groups is 1. The van der Waals surface area contributed by atoms with Crippen LogP contribution in [0.1, 0.15) is 18.9 Å². The Balaban J connectivity index is 3.19. The maximum absolute atomic E-state index is 11.5. The Bertz CT molecular complexity index is 465. The third-order valence-corrected chi connectivity index (χ3v) is 3.96. The molecule has 0 unspecified atom stereocenters. The quantitative estimate of drug-likeness (QED) is 0.495. The fraction of sp³-hybridized carbons (Fsp3) is 0.364. The molecular weight excluding hydrogens is 226 g/mol. The fourth-order valence-electron chi connectivity index (χ4n) is 1.62. The predicted octanol–water partition coefficient (Wildman–Crippen LogP) is 1.69. The van der Waals surface area contributed by atoms with Gasteiger partial charge in [0.15, 0.2) is 9.84 Å². The van der Waals surface area contributed by atoms with E-state index >= 15 is 0 Å². The molecule has 0 bridgehead atoms. The first-order valence-corrected chi connectivity index (χ1v) is 6.92. The molecule has 0 spiro atoms. The second-order valence-electron chi connectivity index (χ2n) is 3.58. The van der Waals surface area contributed by atoms with Crippen LogP contribution in [-0.2, 0) is 9.84 Å². The first-order chi connectivity index (χ1) is 7.50.